The highest BCUT2D eigenvalue weighted by atomic mass is 79.9. The van der Waals surface area contributed by atoms with Crippen LogP contribution in [0.15, 0.2) is 57.5 Å². The Morgan fingerprint density at radius 1 is 1.32 bits per heavy atom. The molecule has 2 N–H and O–H groups in total. The van der Waals surface area contributed by atoms with Crippen molar-refractivity contribution in [3.05, 3.63) is 73.0 Å². The van der Waals surface area contributed by atoms with Gasteiger partial charge in [-0.25, -0.2) is 4.39 Å². The van der Waals surface area contributed by atoms with E-state index in [1.807, 2.05) is 19.1 Å². The molecule has 142 valence electrons. The lowest BCUT2D eigenvalue weighted by Crippen LogP contribution is -2.39. The number of allylic oxidation sites excluding steroid dienone is 3. The van der Waals surface area contributed by atoms with E-state index in [4.69, 9.17) is 5.73 Å². The fraction of sp³-hybridized carbons (Fsp3) is 0.238. The van der Waals surface area contributed by atoms with Gasteiger partial charge in [0.15, 0.2) is 5.78 Å². The molecule has 1 atom stereocenters. The normalized spacial score (nSPS) is 19.7. The molecule has 0 fully saturated rings. The summed E-state index contributed by atoms with van der Waals surface area (Å²) in [4.78, 5) is 16.5. The number of benzene rings is 1. The van der Waals surface area contributed by atoms with Crippen molar-refractivity contribution in [2.45, 2.75) is 32.1 Å². The Kier molecular flexibility index (Phi) is 4.86. The van der Waals surface area contributed by atoms with Crippen LogP contribution < -0.4 is 10.6 Å². The number of nitrogens with two attached hydrogens (primary N) is 1. The molecule has 1 aliphatic carbocycles. The first-order chi connectivity index (χ1) is 13.4. The standard InChI is InChI=1S/C21H17BrFN3OS/c1-11-5-8-18(28-11)19-13(10-24)21(25)26(15-7-6-12(22)9-14(15)23)16-3-2-4-17(27)20(16)19/h5-9,19H,2-4,25H2,1H3. The summed E-state index contributed by atoms with van der Waals surface area (Å²) in [6.45, 7) is 1.98. The number of hydrogen-bond donors (Lipinski definition) is 1. The highest BCUT2D eigenvalue weighted by Crippen LogP contribution is 2.48. The monoisotopic (exact) mass is 457 g/mol. The summed E-state index contributed by atoms with van der Waals surface area (Å²) in [6, 6.07) is 10.8. The zero-order valence-electron chi connectivity index (χ0n) is 15.1. The molecule has 1 aromatic heterocycles. The van der Waals surface area contributed by atoms with Crippen LogP contribution in [0.5, 0.6) is 0 Å². The molecule has 2 heterocycles. The predicted octanol–water partition coefficient (Wildman–Crippen LogP) is 5.26. The van der Waals surface area contributed by atoms with Gasteiger partial charge in [0.25, 0.3) is 0 Å². The summed E-state index contributed by atoms with van der Waals surface area (Å²) >= 11 is 4.81. The van der Waals surface area contributed by atoms with E-state index in [9.17, 15) is 14.4 Å². The molecule has 0 saturated heterocycles. The SMILES string of the molecule is Cc1ccc(C2C(C#N)=C(N)N(c3ccc(Br)cc3F)C3=C2C(=O)CCC3)s1. The van der Waals surface area contributed by atoms with Gasteiger partial charge < -0.3 is 5.73 Å². The van der Waals surface area contributed by atoms with E-state index in [2.05, 4.69) is 22.0 Å². The van der Waals surface area contributed by atoms with Gasteiger partial charge in [-0.15, -0.1) is 11.3 Å². The number of rotatable bonds is 2. The fourth-order valence-corrected chi connectivity index (χ4v) is 5.25. The summed E-state index contributed by atoms with van der Waals surface area (Å²) in [7, 11) is 0. The number of ketones is 1. The highest BCUT2D eigenvalue weighted by Gasteiger charge is 2.41. The van der Waals surface area contributed by atoms with Gasteiger partial charge in [-0.2, -0.15) is 5.26 Å². The van der Waals surface area contributed by atoms with Crippen LogP contribution in [0.3, 0.4) is 0 Å². The maximum atomic E-state index is 14.8. The molecule has 28 heavy (non-hydrogen) atoms. The van der Waals surface area contributed by atoms with Gasteiger partial charge in [-0.1, -0.05) is 15.9 Å². The highest BCUT2D eigenvalue weighted by molar-refractivity contribution is 9.10. The number of thiophene rings is 1. The minimum Gasteiger partial charge on any atom is -0.384 e. The molecule has 1 aliphatic heterocycles. The van der Waals surface area contributed by atoms with Crippen molar-refractivity contribution < 1.29 is 9.18 Å². The number of Topliss-reactive ketones (excluding diaryl/α,β-unsaturated/α-hetero) is 1. The lowest BCUT2D eigenvalue weighted by molar-refractivity contribution is -0.116. The molecule has 0 amide bonds. The largest absolute Gasteiger partial charge is 0.384 e. The summed E-state index contributed by atoms with van der Waals surface area (Å²) in [5.41, 5.74) is 8.23. The quantitative estimate of drug-likeness (QED) is 0.667. The van der Waals surface area contributed by atoms with Crippen molar-refractivity contribution in [1.29, 1.82) is 5.26 Å². The lowest BCUT2D eigenvalue weighted by atomic mass is 9.78. The number of aryl methyl sites for hydroxylation is 1. The molecule has 4 rings (SSSR count). The van der Waals surface area contributed by atoms with Crippen molar-refractivity contribution in [2.75, 3.05) is 4.90 Å². The van der Waals surface area contributed by atoms with E-state index in [1.165, 1.54) is 6.07 Å². The second-order valence-corrected chi connectivity index (χ2v) is 9.10. The molecule has 0 spiro atoms. The molecule has 7 heteroatoms. The van der Waals surface area contributed by atoms with Crippen LogP contribution in [-0.4, -0.2) is 5.78 Å². The summed E-state index contributed by atoms with van der Waals surface area (Å²) < 4.78 is 15.4. The number of nitriles is 1. The van der Waals surface area contributed by atoms with E-state index in [1.54, 1.807) is 28.4 Å². The Morgan fingerprint density at radius 2 is 2.11 bits per heavy atom. The first-order valence-electron chi connectivity index (χ1n) is 8.90. The number of halogens is 2. The zero-order chi connectivity index (χ0) is 20.0. The average Bonchev–Trinajstić information content (AvgIpc) is 3.08. The molecule has 0 radical (unpaired) electrons. The third-order valence-corrected chi connectivity index (χ3v) is 6.67. The maximum absolute atomic E-state index is 14.8. The van der Waals surface area contributed by atoms with E-state index in [0.29, 0.717) is 35.0 Å². The van der Waals surface area contributed by atoms with Crippen molar-refractivity contribution in [1.82, 2.24) is 0 Å². The number of hydrogen-bond acceptors (Lipinski definition) is 5. The van der Waals surface area contributed by atoms with Crippen LogP contribution in [-0.2, 0) is 4.79 Å². The van der Waals surface area contributed by atoms with E-state index >= 15 is 0 Å². The van der Waals surface area contributed by atoms with Gasteiger partial charge in [-0.05, 0) is 50.1 Å². The van der Waals surface area contributed by atoms with E-state index in [-0.39, 0.29) is 22.9 Å². The third kappa shape index (κ3) is 2.97. The van der Waals surface area contributed by atoms with Gasteiger partial charge in [0.1, 0.15) is 11.6 Å². The molecule has 1 aromatic carbocycles. The molecule has 2 aromatic rings. The molecular weight excluding hydrogens is 441 g/mol. The number of carbonyl (C=O) groups is 1. The molecule has 1 unspecified atom stereocenters. The summed E-state index contributed by atoms with van der Waals surface area (Å²) in [5.74, 6) is -0.764. The molecule has 4 nitrogen and oxygen atoms in total. The van der Waals surface area contributed by atoms with Crippen LogP contribution in [0, 0.1) is 24.1 Å². The van der Waals surface area contributed by atoms with Gasteiger partial charge >= 0.3 is 0 Å². The van der Waals surface area contributed by atoms with Crippen LogP contribution in [0.2, 0.25) is 0 Å². The van der Waals surface area contributed by atoms with Gasteiger partial charge in [0, 0.05) is 31.9 Å². The minimum atomic E-state index is -0.485. The molecule has 2 aliphatic rings. The number of anilines is 1. The maximum Gasteiger partial charge on any atom is 0.161 e. The Balaban J connectivity index is 1.98. The third-order valence-electron chi connectivity index (χ3n) is 5.11. The first kappa shape index (κ1) is 18.9. The second-order valence-electron chi connectivity index (χ2n) is 6.86. The van der Waals surface area contributed by atoms with Gasteiger partial charge in [-0.3, -0.25) is 9.69 Å². The van der Waals surface area contributed by atoms with Gasteiger partial charge in [0.2, 0.25) is 0 Å². The average molecular weight is 458 g/mol. The van der Waals surface area contributed by atoms with Crippen molar-refractivity contribution in [3.8, 4) is 6.07 Å². The lowest BCUT2D eigenvalue weighted by Gasteiger charge is -2.39. The van der Waals surface area contributed by atoms with Crippen molar-refractivity contribution in [3.63, 3.8) is 0 Å². The number of nitrogens with zero attached hydrogens (tertiary/aromatic N) is 2. The Hall–Kier alpha value is -2.43. The van der Waals surface area contributed by atoms with Gasteiger partial charge in [0.05, 0.1) is 23.2 Å². The van der Waals surface area contributed by atoms with Crippen LogP contribution in [0.25, 0.3) is 0 Å². The Bertz CT molecular complexity index is 1100. The molecular formula is C21H17BrFN3OS. The Labute approximate surface area is 174 Å². The number of carbonyl (C=O) groups excluding carboxylic acids is 1. The van der Waals surface area contributed by atoms with Crippen LogP contribution >= 0.6 is 27.3 Å². The van der Waals surface area contributed by atoms with Crippen LogP contribution in [0.4, 0.5) is 10.1 Å². The van der Waals surface area contributed by atoms with Crippen LogP contribution in [0.1, 0.15) is 34.9 Å². The predicted molar refractivity (Wildman–Crippen MR) is 111 cm³/mol. The van der Waals surface area contributed by atoms with E-state index in [0.717, 1.165) is 9.75 Å². The Morgan fingerprint density at radius 3 is 2.75 bits per heavy atom. The minimum absolute atomic E-state index is 0.0000675. The molecule has 0 bridgehead atoms. The topological polar surface area (TPSA) is 70.1 Å². The second kappa shape index (κ2) is 7.19. The summed E-state index contributed by atoms with van der Waals surface area (Å²) in [5, 5.41) is 9.91. The molecule has 0 saturated carbocycles. The fourth-order valence-electron chi connectivity index (χ4n) is 3.92. The van der Waals surface area contributed by atoms with Crippen molar-refractivity contribution >= 4 is 38.7 Å². The summed E-state index contributed by atoms with van der Waals surface area (Å²) in [6.07, 6.45) is 1.71. The smallest absolute Gasteiger partial charge is 0.161 e. The van der Waals surface area contributed by atoms with E-state index < -0.39 is 11.7 Å². The van der Waals surface area contributed by atoms with Crippen molar-refractivity contribution in [2.24, 2.45) is 5.73 Å². The first-order valence-corrected chi connectivity index (χ1v) is 10.5. The zero-order valence-corrected chi connectivity index (χ0v) is 17.5.